The fraction of sp³-hybridized carbons (Fsp3) is 0.611. The van der Waals surface area contributed by atoms with Crippen LogP contribution in [0.15, 0.2) is 24.3 Å². The van der Waals surface area contributed by atoms with Gasteiger partial charge in [0.25, 0.3) is 5.91 Å². The van der Waals surface area contributed by atoms with Crippen LogP contribution in [0, 0.1) is 0 Å². The molecule has 0 bridgehead atoms. The number of carbonyl (C=O) groups excluding carboxylic acids is 1. The number of ether oxygens (including phenoxy) is 1. The number of rotatable bonds is 3. The van der Waals surface area contributed by atoms with Crippen molar-refractivity contribution in [2.24, 2.45) is 0 Å². The van der Waals surface area contributed by atoms with Gasteiger partial charge >= 0.3 is 0 Å². The maximum absolute atomic E-state index is 12.8. The largest absolute Gasteiger partial charge is 0.399 e. The van der Waals surface area contributed by atoms with E-state index in [1.807, 2.05) is 23.1 Å². The summed E-state index contributed by atoms with van der Waals surface area (Å²) in [6.07, 6.45) is 2.68. The molecule has 0 aromatic heterocycles. The molecular formula is C18H29Cl2N3O2. The minimum atomic E-state index is 0. The molecule has 0 aliphatic carbocycles. The summed E-state index contributed by atoms with van der Waals surface area (Å²) >= 11 is 0. The zero-order chi connectivity index (χ0) is 16.4. The summed E-state index contributed by atoms with van der Waals surface area (Å²) < 4.78 is 5.80. The Hall–Kier alpha value is -1.01. The fourth-order valence-electron chi connectivity index (χ4n) is 3.86. The topological polar surface area (TPSA) is 58.8 Å². The third-order valence-electron chi connectivity index (χ3n) is 4.74. The number of carbonyl (C=O) groups is 1. The van der Waals surface area contributed by atoms with Crippen LogP contribution in [0.5, 0.6) is 0 Å². The summed E-state index contributed by atoms with van der Waals surface area (Å²) in [4.78, 5) is 17.3. The molecule has 0 radical (unpaired) electrons. The predicted octanol–water partition coefficient (Wildman–Crippen LogP) is 2.83. The molecule has 3 atom stereocenters. The Bertz CT molecular complexity index is 563. The van der Waals surface area contributed by atoms with E-state index < -0.39 is 0 Å². The molecule has 2 aliphatic rings. The van der Waals surface area contributed by atoms with E-state index in [1.165, 1.54) is 0 Å². The van der Waals surface area contributed by atoms with Gasteiger partial charge in [0.1, 0.15) is 0 Å². The Morgan fingerprint density at radius 1 is 1.24 bits per heavy atom. The van der Waals surface area contributed by atoms with Gasteiger partial charge in [0.2, 0.25) is 0 Å². The van der Waals surface area contributed by atoms with Gasteiger partial charge in [-0.25, -0.2) is 0 Å². The third kappa shape index (κ3) is 5.48. The SMILES string of the molecule is CC1CN(CC2CCCN2C(=O)c2cccc(N)c2)CC(C)O1.Cl.Cl. The van der Waals surface area contributed by atoms with Gasteiger partial charge in [-0.15, -0.1) is 24.8 Å². The van der Waals surface area contributed by atoms with Gasteiger partial charge in [0.05, 0.1) is 12.2 Å². The molecule has 3 rings (SSSR count). The first kappa shape index (κ1) is 22.0. The summed E-state index contributed by atoms with van der Waals surface area (Å²) in [5.74, 6) is 0.106. The molecule has 25 heavy (non-hydrogen) atoms. The highest BCUT2D eigenvalue weighted by Crippen LogP contribution is 2.23. The Morgan fingerprint density at radius 3 is 2.56 bits per heavy atom. The molecule has 1 aromatic rings. The van der Waals surface area contributed by atoms with Crippen molar-refractivity contribution in [3.8, 4) is 0 Å². The van der Waals surface area contributed by atoms with Crippen molar-refractivity contribution in [3.63, 3.8) is 0 Å². The van der Waals surface area contributed by atoms with Gasteiger partial charge in [-0.3, -0.25) is 9.69 Å². The summed E-state index contributed by atoms with van der Waals surface area (Å²) in [7, 11) is 0. The van der Waals surface area contributed by atoms with Gasteiger partial charge in [0.15, 0.2) is 0 Å². The number of anilines is 1. The van der Waals surface area contributed by atoms with Crippen LogP contribution in [-0.4, -0.2) is 60.1 Å². The number of nitrogen functional groups attached to an aromatic ring is 1. The van der Waals surface area contributed by atoms with Crippen LogP contribution in [0.3, 0.4) is 0 Å². The second kappa shape index (κ2) is 9.62. The zero-order valence-corrected chi connectivity index (χ0v) is 16.5. The molecule has 2 fully saturated rings. The van der Waals surface area contributed by atoms with Crippen molar-refractivity contribution in [3.05, 3.63) is 29.8 Å². The molecule has 3 unspecified atom stereocenters. The summed E-state index contributed by atoms with van der Waals surface area (Å²) in [5, 5.41) is 0. The van der Waals surface area contributed by atoms with Gasteiger partial charge in [-0.2, -0.15) is 0 Å². The average Bonchev–Trinajstić information content (AvgIpc) is 2.93. The second-order valence-corrected chi connectivity index (χ2v) is 6.90. The normalized spacial score (nSPS) is 26.6. The number of nitrogens with two attached hydrogens (primary N) is 1. The number of likely N-dealkylation sites (tertiary alicyclic amines) is 1. The molecule has 2 N–H and O–H groups in total. The lowest BCUT2D eigenvalue weighted by molar-refractivity contribution is -0.0715. The fourth-order valence-corrected chi connectivity index (χ4v) is 3.86. The van der Waals surface area contributed by atoms with Crippen LogP contribution < -0.4 is 5.73 Å². The average molecular weight is 390 g/mol. The number of benzene rings is 1. The van der Waals surface area contributed by atoms with E-state index in [9.17, 15) is 4.79 Å². The third-order valence-corrected chi connectivity index (χ3v) is 4.74. The van der Waals surface area contributed by atoms with Crippen LogP contribution in [0.1, 0.15) is 37.0 Å². The second-order valence-electron chi connectivity index (χ2n) is 6.90. The lowest BCUT2D eigenvalue weighted by Gasteiger charge is -2.38. The minimum Gasteiger partial charge on any atom is -0.399 e. The Balaban J connectivity index is 0.00000156. The van der Waals surface area contributed by atoms with Gasteiger partial charge in [-0.05, 0) is 44.9 Å². The van der Waals surface area contributed by atoms with E-state index in [4.69, 9.17) is 10.5 Å². The van der Waals surface area contributed by atoms with Crippen molar-refractivity contribution in [1.29, 1.82) is 0 Å². The lowest BCUT2D eigenvalue weighted by Crippen LogP contribution is -2.50. The van der Waals surface area contributed by atoms with Gasteiger partial charge < -0.3 is 15.4 Å². The summed E-state index contributed by atoms with van der Waals surface area (Å²) in [5.41, 5.74) is 7.15. The number of morpholine rings is 1. The molecule has 0 spiro atoms. The molecule has 5 nitrogen and oxygen atoms in total. The first-order valence-electron chi connectivity index (χ1n) is 8.57. The van der Waals surface area contributed by atoms with Crippen LogP contribution in [0.4, 0.5) is 5.69 Å². The van der Waals surface area contributed by atoms with Crippen molar-refractivity contribution in [2.75, 3.05) is 31.9 Å². The highest BCUT2D eigenvalue weighted by Gasteiger charge is 2.32. The quantitative estimate of drug-likeness (QED) is 0.807. The number of hydrogen-bond acceptors (Lipinski definition) is 4. The molecule has 1 amide bonds. The molecule has 2 saturated heterocycles. The van der Waals surface area contributed by atoms with Crippen molar-refractivity contribution < 1.29 is 9.53 Å². The predicted molar refractivity (Wildman–Crippen MR) is 106 cm³/mol. The summed E-state index contributed by atoms with van der Waals surface area (Å²) in [6.45, 7) is 7.90. The molecule has 2 heterocycles. The van der Waals surface area contributed by atoms with Crippen LogP contribution in [0.2, 0.25) is 0 Å². The Kier molecular flexibility index (Phi) is 8.48. The van der Waals surface area contributed by atoms with Crippen molar-refractivity contribution in [2.45, 2.75) is 44.9 Å². The van der Waals surface area contributed by atoms with E-state index in [0.717, 1.165) is 39.0 Å². The summed E-state index contributed by atoms with van der Waals surface area (Å²) in [6, 6.07) is 7.58. The zero-order valence-electron chi connectivity index (χ0n) is 14.9. The molecular weight excluding hydrogens is 361 g/mol. The molecule has 1 aromatic carbocycles. The van der Waals surface area contributed by atoms with Crippen LogP contribution >= 0.6 is 24.8 Å². The highest BCUT2D eigenvalue weighted by atomic mass is 35.5. The lowest BCUT2D eigenvalue weighted by atomic mass is 10.1. The smallest absolute Gasteiger partial charge is 0.254 e. The van der Waals surface area contributed by atoms with E-state index in [-0.39, 0.29) is 42.9 Å². The first-order valence-corrected chi connectivity index (χ1v) is 8.57. The standard InChI is InChI=1S/C18H27N3O2.2ClH/c1-13-10-20(11-14(2)23-13)12-17-7-4-8-21(17)18(22)15-5-3-6-16(19)9-15;;/h3,5-6,9,13-14,17H,4,7-8,10-12,19H2,1-2H3;2*1H. The molecule has 142 valence electrons. The van der Waals surface area contributed by atoms with Crippen molar-refractivity contribution >= 4 is 36.4 Å². The maximum Gasteiger partial charge on any atom is 0.254 e. The van der Waals surface area contributed by atoms with Crippen LogP contribution in [-0.2, 0) is 4.74 Å². The molecule has 2 aliphatic heterocycles. The minimum absolute atomic E-state index is 0. The van der Waals surface area contributed by atoms with E-state index in [2.05, 4.69) is 18.7 Å². The molecule has 7 heteroatoms. The Labute approximate surface area is 162 Å². The van der Waals surface area contributed by atoms with Crippen LogP contribution in [0.25, 0.3) is 0 Å². The van der Waals surface area contributed by atoms with Gasteiger partial charge in [0, 0.05) is 43.5 Å². The molecule has 0 saturated carbocycles. The number of hydrogen-bond donors (Lipinski definition) is 1. The van der Waals surface area contributed by atoms with Gasteiger partial charge in [-0.1, -0.05) is 6.07 Å². The monoisotopic (exact) mass is 389 g/mol. The number of halogens is 2. The highest BCUT2D eigenvalue weighted by molar-refractivity contribution is 5.95. The first-order chi connectivity index (χ1) is 11.0. The maximum atomic E-state index is 12.8. The van der Waals surface area contributed by atoms with E-state index in [1.54, 1.807) is 6.07 Å². The Morgan fingerprint density at radius 2 is 1.92 bits per heavy atom. The van der Waals surface area contributed by atoms with E-state index >= 15 is 0 Å². The number of amides is 1. The van der Waals surface area contributed by atoms with E-state index in [0.29, 0.717) is 17.3 Å². The van der Waals surface area contributed by atoms with Crippen molar-refractivity contribution in [1.82, 2.24) is 9.80 Å². The number of nitrogens with zero attached hydrogens (tertiary/aromatic N) is 2.